The van der Waals surface area contributed by atoms with E-state index >= 15 is 0 Å². The molecule has 0 saturated heterocycles. The summed E-state index contributed by atoms with van der Waals surface area (Å²) in [5, 5.41) is 44.4. The number of hydrogen-bond acceptors (Lipinski definition) is 6. The molecule has 0 aliphatic rings. The molecule has 6 nitrogen and oxygen atoms in total. The molecule has 2 rings (SSSR count). The molecule has 0 unspecified atom stereocenters. The molecule has 6 heteroatoms. The minimum Gasteiger partial charge on any atom is -0.383 e. The van der Waals surface area contributed by atoms with Gasteiger partial charge < -0.3 is 10.6 Å². The molecule has 0 saturated carbocycles. The first-order valence-corrected chi connectivity index (χ1v) is 13.4. The van der Waals surface area contributed by atoms with Crippen LogP contribution in [0.4, 0.5) is 0 Å². The minimum absolute atomic E-state index is 0.0740. The molecular formula is C32H36N6. The molecule has 0 aromatic heterocycles. The number of rotatable bonds is 15. The van der Waals surface area contributed by atoms with Gasteiger partial charge in [0.25, 0.3) is 0 Å². The van der Waals surface area contributed by atoms with Crippen molar-refractivity contribution in [1.29, 1.82) is 21.0 Å². The number of unbranched alkanes of at least 4 members (excludes halogenated alkanes) is 6. The number of nitriles is 4. The summed E-state index contributed by atoms with van der Waals surface area (Å²) >= 11 is 0. The van der Waals surface area contributed by atoms with E-state index in [-0.39, 0.29) is 11.1 Å². The van der Waals surface area contributed by atoms with Gasteiger partial charge in [0, 0.05) is 13.1 Å². The number of hydrogen-bond donors (Lipinski definition) is 2. The summed E-state index contributed by atoms with van der Waals surface area (Å²) in [6, 6.07) is 23.6. The third kappa shape index (κ3) is 8.85. The second kappa shape index (κ2) is 17.0. The van der Waals surface area contributed by atoms with Gasteiger partial charge in [-0.15, -0.1) is 0 Å². The summed E-state index contributed by atoms with van der Waals surface area (Å²) in [4.78, 5) is 0. The summed E-state index contributed by atoms with van der Waals surface area (Å²) < 4.78 is 0. The molecule has 2 N–H and O–H groups in total. The highest BCUT2D eigenvalue weighted by atomic mass is 14.9. The number of benzene rings is 2. The summed E-state index contributed by atoms with van der Waals surface area (Å²) in [6.07, 6.45) is 8.81. The Hall–Kier alpha value is -4.52. The normalized spacial score (nSPS) is 9.74. The molecule has 0 aliphatic carbocycles. The number of nitrogens with one attached hydrogen (secondary N) is 2. The Morgan fingerprint density at radius 1 is 0.526 bits per heavy atom. The fraction of sp³-hybridized carbons (Fsp3) is 0.375. The molecule has 2 aromatic carbocycles. The molecule has 0 radical (unpaired) electrons. The fourth-order valence-electron chi connectivity index (χ4n) is 4.13. The molecule has 0 fully saturated rings. The average molecular weight is 505 g/mol. The van der Waals surface area contributed by atoms with E-state index in [0.29, 0.717) is 24.5 Å². The van der Waals surface area contributed by atoms with E-state index in [1.54, 1.807) is 0 Å². The van der Waals surface area contributed by atoms with Crippen molar-refractivity contribution >= 4 is 11.4 Å². The third-order valence-corrected chi connectivity index (χ3v) is 6.29. The summed E-state index contributed by atoms with van der Waals surface area (Å²) in [7, 11) is 0. The van der Waals surface area contributed by atoms with E-state index in [1.807, 2.05) is 72.8 Å². The van der Waals surface area contributed by atoms with Crippen molar-refractivity contribution in [3.05, 3.63) is 70.8 Å². The van der Waals surface area contributed by atoms with Gasteiger partial charge in [0.15, 0.2) is 11.1 Å². The molecule has 0 heterocycles. The minimum atomic E-state index is 0.0740. The monoisotopic (exact) mass is 504 g/mol. The van der Waals surface area contributed by atoms with Crippen LogP contribution in [0, 0.1) is 45.3 Å². The molecule has 0 aliphatic heterocycles. The molecule has 0 atom stereocenters. The van der Waals surface area contributed by atoms with Gasteiger partial charge in [-0.3, -0.25) is 0 Å². The van der Waals surface area contributed by atoms with Crippen molar-refractivity contribution in [2.75, 3.05) is 13.1 Å². The van der Waals surface area contributed by atoms with Gasteiger partial charge in [-0.2, -0.15) is 21.0 Å². The van der Waals surface area contributed by atoms with Gasteiger partial charge in [-0.25, -0.2) is 0 Å². The van der Waals surface area contributed by atoms with Crippen LogP contribution in [0.3, 0.4) is 0 Å². The first-order valence-electron chi connectivity index (χ1n) is 13.4. The first-order chi connectivity index (χ1) is 18.6. The zero-order valence-electron chi connectivity index (χ0n) is 22.5. The molecular weight excluding hydrogens is 468 g/mol. The van der Waals surface area contributed by atoms with Crippen LogP contribution in [-0.2, 0) is 0 Å². The van der Waals surface area contributed by atoms with E-state index < -0.39 is 0 Å². The third-order valence-electron chi connectivity index (χ3n) is 6.29. The Labute approximate surface area is 227 Å². The van der Waals surface area contributed by atoms with E-state index in [4.69, 9.17) is 0 Å². The highest BCUT2D eigenvalue weighted by Gasteiger charge is 2.11. The SMILES string of the molecule is CCCCCCNC(=C(C#N)C#N)c1ccc(-c2ccc(C(NCCCCCC)=C(C#N)C#N)cc2)cc1. The zero-order chi connectivity index (χ0) is 27.6. The largest absolute Gasteiger partial charge is 0.383 e. The summed E-state index contributed by atoms with van der Waals surface area (Å²) in [5.41, 5.74) is 4.83. The second-order valence-corrected chi connectivity index (χ2v) is 9.08. The van der Waals surface area contributed by atoms with Crippen LogP contribution in [0.25, 0.3) is 22.5 Å². The molecule has 2 aromatic rings. The van der Waals surface area contributed by atoms with Crippen molar-refractivity contribution < 1.29 is 0 Å². The number of allylic oxidation sites excluding steroid dienone is 2. The molecule has 0 amide bonds. The van der Waals surface area contributed by atoms with E-state index in [1.165, 1.54) is 0 Å². The Morgan fingerprint density at radius 3 is 1.16 bits per heavy atom. The lowest BCUT2D eigenvalue weighted by Crippen LogP contribution is -2.15. The zero-order valence-corrected chi connectivity index (χ0v) is 22.5. The van der Waals surface area contributed by atoms with Gasteiger partial charge in [0.05, 0.1) is 11.4 Å². The van der Waals surface area contributed by atoms with Crippen molar-refractivity contribution in [3.8, 4) is 35.4 Å². The molecule has 38 heavy (non-hydrogen) atoms. The van der Waals surface area contributed by atoms with Crippen LogP contribution in [0.5, 0.6) is 0 Å². The van der Waals surface area contributed by atoms with Crippen molar-refractivity contribution in [1.82, 2.24) is 10.6 Å². The lowest BCUT2D eigenvalue weighted by Gasteiger charge is -2.13. The van der Waals surface area contributed by atoms with Crippen LogP contribution < -0.4 is 10.6 Å². The van der Waals surface area contributed by atoms with Crippen LogP contribution in [0.2, 0.25) is 0 Å². The van der Waals surface area contributed by atoms with Gasteiger partial charge in [0.2, 0.25) is 0 Å². The predicted octanol–water partition coefficient (Wildman–Crippen LogP) is 7.21. The average Bonchev–Trinajstić information content (AvgIpc) is 2.96. The van der Waals surface area contributed by atoms with Crippen molar-refractivity contribution in [2.45, 2.75) is 65.2 Å². The van der Waals surface area contributed by atoms with Gasteiger partial charge in [0.1, 0.15) is 24.3 Å². The van der Waals surface area contributed by atoms with Crippen LogP contribution >= 0.6 is 0 Å². The van der Waals surface area contributed by atoms with Crippen molar-refractivity contribution in [2.24, 2.45) is 0 Å². The van der Waals surface area contributed by atoms with Crippen LogP contribution in [0.15, 0.2) is 59.7 Å². The highest BCUT2D eigenvalue weighted by molar-refractivity contribution is 5.78. The van der Waals surface area contributed by atoms with Crippen LogP contribution in [0.1, 0.15) is 76.3 Å². The lowest BCUT2D eigenvalue weighted by molar-refractivity contribution is 0.649. The maximum atomic E-state index is 9.45. The van der Waals surface area contributed by atoms with E-state index in [9.17, 15) is 21.0 Å². The quantitative estimate of drug-likeness (QED) is 0.195. The fourth-order valence-corrected chi connectivity index (χ4v) is 4.13. The molecule has 0 spiro atoms. The van der Waals surface area contributed by atoms with Gasteiger partial charge >= 0.3 is 0 Å². The summed E-state index contributed by atoms with van der Waals surface area (Å²) in [6.45, 7) is 5.74. The topological polar surface area (TPSA) is 119 Å². The Morgan fingerprint density at radius 2 is 0.868 bits per heavy atom. The Kier molecular flexibility index (Phi) is 13.3. The Bertz CT molecular complexity index is 1120. The second-order valence-electron chi connectivity index (χ2n) is 9.08. The maximum absolute atomic E-state index is 9.45. The van der Waals surface area contributed by atoms with Gasteiger partial charge in [-0.05, 0) is 35.1 Å². The maximum Gasteiger partial charge on any atom is 0.153 e. The van der Waals surface area contributed by atoms with Gasteiger partial charge in [-0.1, -0.05) is 101 Å². The molecule has 194 valence electrons. The smallest absolute Gasteiger partial charge is 0.153 e. The predicted molar refractivity (Wildman–Crippen MR) is 152 cm³/mol. The summed E-state index contributed by atoms with van der Waals surface area (Å²) in [5.74, 6) is 0. The molecule has 0 bridgehead atoms. The highest BCUT2D eigenvalue weighted by Crippen LogP contribution is 2.25. The van der Waals surface area contributed by atoms with Crippen molar-refractivity contribution in [3.63, 3.8) is 0 Å². The standard InChI is InChI=1S/C32H36N6/c1-3-5-7-9-19-37-31(29(21-33)22-34)27-15-11-25(12-16-27)26-13-17-28(18-14-26)32(30(23-35)24-36)38-20-10-8-6-4-2/h11-18,37-38H,3-10,19-20H2,1-2H3. The lowest BCUT2D eigenvalue weighted by atomic mass is 9.99. The van der Waals surface area contributed by atoms with E-state index in [2.05, 4.69) is 24.5 Å². The van der Waals surface area contributed by atoms with E-state index in [0.717, 1.165) is 73.6 Å². The first kappa shape index (κ1) is 29.7. The van der Waals surface area contributed by atoms with Crippen LogP contribution in [-0.4, -0.2) is 13.1 Å². The Balaban J connectivity index is 2.23. The number of nitrogens with zero attached hydrogens (tertiary/aromatic N) is 4.